The fraction of sp³-hybridized carbons (Fsp3) is 0.562. The zero-order chi connectivity index (χ0) is 13.2. The molecule has 2 heteroatoms. The predicted molar refractivity (Wildman–Crippen MR) is 74.4 cm³/mol. The summed E-state index contributed by atoms with van der Waals surface area (Å²) in [7, 11) is 0. The zero-order valence-electron chi connectivity index (χ0n) is 11.4. The molecule has 1 fully saturated rings. The molecule has 1 aromatic carbocycles. The highest BCUT2D eigenvalue weighted by Crippen LogP contribution is 2.41. The summed E-state index contributed by atoms with van der Waals surface area (Å²) in [4.78, 5) is 0. The lowest BCUT2D eigenvalue weighted by Crippen LogP contribution is -2.38. The number of hydrogen-bond acceptors (Lipinski definition) is 2. The minimum Gasteiger partial charge on any atom is -0.330 e. The van der Waals surface area contributed by atoms with Gasteiger partial charge in [0.2, 0.25) is 0 Å². The molecule has 2 rings (SSSR count). The minimum atomic E-state index is 0.111. The van der Waals surface area contributed by atoms with Crippen LogP contribution >= 0.6 is 0 Å². The van der Waals surface area contributed by atoms with Gasteiger partial charge in [-0.05, 0) is 55.5 Å². The highest BCUT2D eigenvalue weighted by Gasteiger charge is 2.34. The third kappa shape index (κ3) is 2.15. The molecule has 2 N–H and O–H groups in total. The van der Waals surface area contributed by atoms with Gasteiger partial charge >= 0.3 is 0 Å². The van der Waals surface area contributed by atoms with Crippen molar-refractivity contribution in [3.63, 3.8) is 0 Å². The first-order valence-corrected chi connectivity index (χ1v) is 6.85. The molecule has 1 aliphatic rings. The Bertz CT molecular complexity index is 477. The van der Waals surface area contributed by atoms with Gasteiger partial charge in [-0.15, -0.1) is 0 Å². The fourth-order valence-corrected chi connectivity index (χ4v) is 3.29. The maximum atomic E-state index is 9.15. The van der Waals surface area contributed by atoms with E-state index in [0.717, 1.165) is 5.56 Å². The lowest BCUT2D eigenvalue weighted by atomic mass is 9.67. The standard InChI is InChI=1S/C16H22N2/c1-12-8-14(10-17)9-15(13(12)2)16(11-18)6-4-3-5-7-16/h8-9H,3-7,11,18H2,1-2H3. The Labute approximate surface area is 110 Å². The largest absolute Gasteiger partial charge is 0.330 e. The van der Waals surface area contributed by atoms with Gasteiger partial charge in [0.25, 0.3) is 0 Å². The summed E-state index contributed by atoms with van der Waals surface area (Å²) in [6, 6.07) is 6.32. The topological polar surface area (TPSA) is 49.8 Å². The molecule has 18 heavy (non-hydrogen) atoms. The summed E-state index contributed by atoms with van der Waals surface area (Å²) in [5, 5.41) is 9.15. The molecule has 0 amide bonds. The van der Waals surface area contributed by atoms with Gasteiger partial charge in [-0.3, -0.25) is 0 Å². The quantitative estimate of drug-likeness (QED) is 0.864. The average molecular weight is 242 g/mol. The third-order valence-electron chi connectivity index (χ3n) is 4.57. The first-order valence-electron chi connectivity index (χ1n) is 6.85. The molecule has 0 saturated heterocycles. The van der Waals surface area contributed by atoms with Crippen molar-refractivity contribution in [3.05, 3.63) is 34.4 Å². The van der Waals surface area contributed by atoms with E-state index in [-0.39, 0.29) is 5.41 Å². The van der Waals surface area contributed by atoms with Gasteiger partial charge in [-0.1, -0.05) is 19.3 Å². The van der Waals surface area contributed by atoms with Gasteiger partial charge in [0, 0.05) is 12.0 Å². The Hall–Kier alpha value is -1.33. The summed E-state index contributed by atoms with van der Waals surface area (Å²) in [6.07, 6.45) is 6.16. The lowest BCUT2D eigenvalue weighted by molar-refractivity contribution is 0.299. The molecule has 0 spiro atoms. The van der Waals surface area contributed by atoms with E-state index in [1.807, 2.05) is 6.07 Å². The Balaban J connectivity index is 2.54. The van der Waals surface area contributed by atoms with E-state index in [0.29, 0.717) is 6.54 Å². The Morgan fingerprint density at radius 2 is 1.89 bits per heavy atom. The third-order valence-corrected chi connectivity index (χ3v) is 4.57. The van der Waals surface area contributed by atoms with Crippen LogP contribution in [0.3, 0.4) is 0 Å². The van der Waals surface area contributed by atoms with E-state index in [1.54, 1.807) is 0 Å². The van der Waals surface area contributed by atoms with Crippen LogP contribution in [0.2, 0.25) is 0 Å². The average Bonchev–Trinajstić information content (AvgIpc) is 2.42. The smallest absolute Gasteiger partial charge is 0.0991 e. The number of hydrogen-bond donors (Lipinski definition) is 1. The van der Waals surface area contributed by atoms with Crippen molar-refractivity contribution in [1.29, 1.82) is 5.26 Å². The molecule has 96 valence electrons. The minimum absolute atomic E-state index is 0.111. The second kappa shape index (κ2) is 5.12. The van der Waals surface area contributed by atoms with Crippen LogP contribution in [0, 0.1) is 25.2 Å². The van der Waals surface area contributed by atoms with Crippen LogP contribution < -0.4 is 5.73 Å². The van der Waals surface area contributed by atoms with Crippen molar-refractivity contribution in [2.75, 3.05) is 6.54 Å². The molecule has 0 radical (unpaired) electrons. The van der Waals surface area contributed by atoms with Crippen molar-refractivity contribution in [2.45, 2.75) is 51.4 Å². The van der Waals surface area contributed by atoms with Gasteiger partial charge in [0.05, 0.1) is 11.6 Å². The molecule has 0 unspecified atom stereocenters. The molecule has 2 nitrogen and oxygen atoms in total. The van der Waals surface area contributed by atoms with Crippen molar-refractivity contribution >= 4 is 0 Å². The van der Waals surface area contributed by atoms with E-state index in [9.17, 15) is 0 Å². The van der Waals surface area contributed by atoms with Gasteiger partial charge in [-0.2, -0.15) is 5.26 Å². The van der Waals surface area contributed by atoms with Crippen LogP contribution in [0.1, 0.15) is 54.4 Å². The Morgan fingerprint density at radius 3 is 2.44 bits per heavy atom. The number of aryl methyl sites for hydroxylation is 1. The molecule has 0 heterocycles. The maximum absolute atomic E-state index is 9.15. The number of nitrogens with zero attached hydrogens (tertiary/aromatic N) is 1. The first kappa shape index (κ1) is 13.1. The molecule has 0 bridgehead atoms. The van der Waals surface area contributed by atoms with E-state index in [4.69, 9.17) is 11.0 Å². The monoisotopic (exact) mass is 242 g/mol. The molecule has 0 aliphatic heterocycles. The summed E-state index contributed by atoms with van der Waals surface area (Å²) in [6.45, 7) is 4.95. The van der Waals surface area contributed by atoms with Crippen LogP contribution in [0.15, 0.2) is 12.1 Å². The van der Waals surface area contributed by atoms with E-state index in [1.165, 1.54) is 48.8 Å². The molecule has 1 saturated carbocycles. The first-order chi connectivity index (χ1) is 8.63. The van der Waals surface area contributed by atoms with E-state index < -0.39 is 0 Å². The number of nitriles is 1. The highest BCUT2D eigenvalue weighted by atomic mass is 14.6. The van der Waals surface area contributed by atoms with Crippen LogP contribution in [0.4, 0.5) is 0 Å². The van der Waals surface area contributed by atoms with Gasteiger partial charge in [0.15, 0.2) is 0 Å². The van der Waals surface area contributed by atoms with Crippen LogP contribution in [0.25, 0.3) is 0 Å². The molecule has 1 aliphatic carbocycles. The molecular weight excluding hydrogens is 220 g/mol. The zero-order valence-corrected chi connectivity index (χ0v) is 11.4. The lowest BCUT2D eigenvalue weighted by Gasteiger charge is -2.38. The highest BCUT2D eigenvalue weighted by molar-refractivity contribution is 5.46. The number of rotatable bonds is 2. The molecule has 0 atom stereocenters. The van der Waals surface area contributed by atoms with E-state index in [2.05, 4.69) is 26.0 Å². The number of benzene rings is 1. The maximum Gasteiger partial charge on any atom is 0.0991 e. The van der Waals surface area contributed by atoms with E-state index >= 15 is 0 Å². The van der Waals surface area contributed by atoms with Gasteiger partial charge < -0.3 is 5.73 Å². The van der Waals surface area contributed by atoms with Gasteiger partial charge in [0.1, 0.15) is 0 Å². The SMILES string of the molecule is Cc1cc(C#N)cc(C2(CN)CCCCC2)c1C. The summed E-state index contributed by atoms with van der Waals surface area (Å²) >= 11 is 0. The molecule has 0 aromatic heterocycles. The molecule has 1 aromatic rings. The van der Waals surface area contributed by atoms with Crippen molar-refractivity contribution in [1.82, 2.24) is 0 Å². The molecular formula is C16H22N2. The summed E-state index contributed by atoms with van der Waals surface area (Å²) in [5.74, 6) is 0. The normalized spacial score (nSPS) is 18.3. The Morgan fingerprint density at radius 1 is 1.22 bits per heavy atom. The van der Waals surface area contributed by atoms with Crippen molar-refractivity contribution in [3.8, 4) is 6.07 Å². The van der Waals surface area contributed by atoms with Crippen molar-refractivity contribution in [2.24, 2.45) is 5.73 Å². The van der Waals surface area contributed by atoms with Gasteiger partial charge in [-0.25, -0.2) is 0 Å². The Kier molecular flexibility index (Phi) is 3.73. The van der Waals surface area contributed by atoms with Crippen LogP contribution in [0.5, 0.6) is 0 Å². The van der Waals surface area contributed by atoms with Crippen LogP contribution in [-0.4, -0.2) is 6.54 Å². The second-order valence-corrected chi connectivity index (χ2v) is 5.62. The predicted octanol–water partition coefficient (Wildman–Crippen LogP) is 3.34. The number of nitrogens with two attached hydrogens (primary N) is 1. The summed E-state index contributed by atoms with van der Waals surface area (Å²) < 4.78 is 0. The van der Waals surface area contributed by atoms with Crippen molar-refractivity contribution < 1.29 is 0 Å². The second-order valence-electron chi connectivity index (χ2n) is 5.62. The fourth-order valence-electron chi connectivity index (χ4n) is 3.29. The van der Waals surface area contributed by atoms with Crippen LogP contribution in [-0.2, 0) is 5.41 Å². The summed E-state index contributed by atoms with van der Waals surface area (Å²) in [5.41, 5.74) is 10.8.